The SMILES string of the molecule is CCCOc1c(Cl)cc(/C=[NH+]/N=C(N)N)cc1OC. The van der Waals surface area contributed by atoms with Gasteiger partial charge in [0, 0.05) is 10.7 Å². The zero-order valence-electron chi connectivity index (χ0n) is 10.9. The Balaban J connectivity index is 3.01. The molecule has 104 valence electrons. The van der Waals surface area contributed by atoms with Gasteiger partial charge in [0.15, 0.2) is 11.5 Å². The highest BCUT2D eigenvalue weighted by molar-refractivity contribution is 6.32. The quantitative estimate of drug-likeness (QED) is 0.384. The zero-order chi connectivity index (χ0) is 14.3. The van der Waals surface area contributed by atoms with Crippen molar-refractivity contribution in [2.24, 2.45) is 16.6 Å². The molecule has 0 radical (unpaired) electrons. The third-order valence-corrected chi connectivity index (χ3v) is 2.41. The number of hydrogen-bond donors (Lipinski definition) is 3. The van der Waals surface area contributed by atoms with Crippen LogP contribution in [0.5, 0.6) is 11.5 Å². The molecule has 0 aliphatic rings. The van der Waals surface area contributed by atoms with E-state index >= 15 is 0 Å². The fraction of sp³-hybridized carbons (Fsp3) is 0.333. The van der Waals surface area contributed by atoms with Crippen LogP contribution in [0.1, 0.15) is 18.9 Å². The lowest BCUT2D eigenvalue weighted by Gasteiger charge is -2.11. The molecule has 19 heavy (non-hydrogen) atoms. The summed E-state index contributed by atoms with van der Waals surface area (Å²) in [6, 6.07) is 3.50. The van der Waals surface area contributed by atoms with Gasteiger partial charge < -0.3 is 20.9 Å². The number of guanidine groups is 1. The predicted octanol–water partition coefficient (Wildman–Crippen LogP) is -0.175. The summed E-state index contributed by atoms with van der Waals surface area (Å²) in [6.07, 6.45) is 2.48. The molecule has 0 saturated heterocycles. The number of halogens is 1. The lowest BCUT2D eigenvalue weighted by atomic mass is 10.2. The van der Waals surface area contributed by atoms with Crippen LogP contribution in [0.4, 0.5) is 0 Å². The van der Waals surface area contributed by atoms with E-state index in [0.717, 1.165) is 12.0 Å². The highest BCUT2D eigenvalue weighted by Gasteiger charge is 2.12. The van der Waals surface area contributed by atoms with Crippen molar-refractivity contribution in [3.63, 3.8) is 0 Å². The minimum Gasteiger partial charge on any atom is -0.493 e. The Morgan fingerprint density at radius 1 is 1.47 bits per heavy atom. The Kier molecular flexibility index (Phi) is 5.95. The van der Waals surface area contributed by atoms with Crippen molar-refractivity contribution in [2.45, 2.75) is 13.3 Å². The fourth-order valence-corrected chi connectivity index (χ4v) is 1.62. The van der Waals surface area contributed by atoms with E-state index in [-0.39, 0.29) is 5.96 Å². The van der Waals surface area contributed by atoms with Gasteiger partial charge in [0.05, 0.1) is 18.7 Å². The first kappa shape index (κ1) is 15.1. The lowest BCUT2D eigenvalue weighted by molar-refractivity contribution is -0.456. The summed E-state index contributed by atoms with van der Waals surface area (Å²) in [6.45, 7) is 2.59. The number of hydrazone groups is 1. The van der Waals surface area contributed by atoms with Gasteiger partial charge in [-0.15, -0.1) is 5.10 Å². The van der Waals surface area contributed by atoms with Crippen molar-refractivity contribution in [3.8, 4) is 11.5 Å². The van der Waals surface area contributed by atoms with E-state index in [1.54, 1.807) is 25.5 Å². The molecule has 0 aromatic heterocycles. The first-order valence-corrected chi connectivity index (χ1v) is 6.14. The minimum absolute atomic E-state index is 0.0581. The third-order valence-electron chi connectivity index (χ3n) is 2.13. The Morgan fingerprint density at radius 3 is 2.79 bits per heavy atom. The average Bonchev–Trinajstić information content (AvgIpc) is 2.36. The molecule has 0 aliphatic carbocycles. The number of nitrogens with one attached hydrogen (secondary N) is 1. The van der Waals surface area contributed by atoms with Crippen molar-refractivity contribution < 1.29 is 14.6 Å². The second-order valence-corrected chi connectivity index (χ2v) is 4.10. The Labute approximate surface area is 117 Å². The summed E-state index contributed by atoms with van der Waals surface area (Å²) in [7, 11) is 1.55. The molecule has 0 atom stereocenters. The molecule has 7 heteroatoms. The van der Waals surface area contributed by atoms with Gasteiger partial charge in [-0.25, -0.2) is 0 Å². The van der Waals surface area contributed by atoms with Gasteiger partial charge >= 0.3 is 0 Å². The fourth-order valence-electron chi connectivity index (χ4n) is 1.35. The highest BCUT2D eigenvalue weighted by Crippen LogP contribution is 2.35. The Hall–Kier alpha value is -1.95. The smallest absolute Gasteiger partial charge is 0.256 e. The summed E-state index contributed by atoms with van der Waals surface area (Å²) in [5.41, 5.74) is 11.2. The van der Waals surface area contributed by atoms with Gasteiger partial charge in [0.1, 0.15) is 0 Å². The van der Waals surface area contributed by atoms with E-state index in [0.29, 0.717) is 23.1 Å². The first-order valence-electron chi connectivity index (χ1n) is 5.76. The molecule has 1 aromatic rings. The maximum absolute atomic E-state index is 6.15. The van der Waals surface area contributed by atoms with Gasteiger partial charge in [0.25, 0.3) is 5.96 Å². The standard InChI is InChI=1S/C12H17ClN4O2/c1-3-4-19-11-9(13)5-8(6-10(11)18-2)7-16-17-12(14)15/h5-7H,3-4H2,1-2H3,(H4,14,15,17)/p+1/b16-7+. The van der Waals surface area contributed by atoms with E-state index in [9.17, 15) is 0 Å². The van der Waals surface area contributed by atoms with Crippen LogP contribution in [-0.2, 0) is 0 Å². The summed E-state index contributed by atoms with van der Waals surface area (Å²) >= 11 is 6.15. The number of nitrogens with zero attached hydrogens (tertiary/aromatic N) is 1. The molecule has 5 N–H and O–H groups in total. The molecule has 0 bridgehead atoms. The average molecular weight is 286 g/mol. The van der Waals surface area contributed by atoms with E-state index < -0.39 is 0 Å². The normalized spacial score (nSPS) is 10.5. The molecule has 6 nitrogen and oxygen atoms in total. The van der Waals surface area contributed by atoms with Crippen LogP contribution in [0, 0.1) is 0 Å². The minimum atomic E-state index is -0.0581. The molecule has 0 spiro atoms. The van der Waals surface area contributed by atoms with E-state index in [4.69, 9.17) is 32.5 Å². The molecule has 0 saturated carbocycles. The maximum atomic E-state index is 6.15. The summed E-state index contributed by atoms with van der Waals surface area (Å²) in [5.74, 6) is 1.03. The number of ether oxygens (including phenoxy) is 2. The van der Waals surface area contributed by atoms with Gasteiger partial charge in [0.2, 0.25) is 6.21 Å². The van der Waals surface area contributed by atoms with E-state index in [2.05, 4.69) is 10.2 Å². The van der Waals surface area contributed by atoms with Crippen LogP contribution < -0.4 is 26.0 Å². The molecule has 0 amide bonds. The van der Waals surface area contributed by atoms with Crippen molar-refractivity contribution in [3.05, 3.63) is 22.7 Å². The number of hydrogen-bond acceptors (Lipinski definition) is 3. The monoisotopic (exact) mass is 285 g/mol. The van der Waals surface area contributed by atoms with Crippen molar-refractivity contribution >= 4 is 23.8 Å². The second-order valence-electron chi connectivity index (χ2n) is 3.69. The summed E-state index contributed by atoms with van der Waals surface area (Å²) < 4.78 is 10.8. The molecule has 0 fully saturated rings. The van der Waals surface area contributed by atoms with Gasteiger partial charge in [-0.2, -0.15) is 0 Å². The molecule has 1 rings (SSSR count). The van der Waals surface area contributed by atoms with Crippen molar-refractivity contribution in [1.82, 2.24) is 0 Å². The highest BCUT2D eigenvalue weighted by atomic mass is 35.5. The van der Waals surface area contributed by atoms with Gasteiger partial charge in [-0.05, 0) is 18.6 Å². The number of benzene rings is 1. The first-order chi connectivity index (χ1) is 9.08. The van der Waals surface area contributed by atoms with Crippen LogP contribution in [0.15, 0.2) is 17.2 Å². The molecular weight excluding hydrogens is 268 g/mol. The van der Waals surface area contributed by atoms with Crippen LogP contribution in [0.3, 0.4) is 0 Å². The Bertz CT molecular complexity index is 485. The number of methoxy groups -OCH3 is 1. The molecular formula is C12H18ClN4O2+. The summed E-state index contributed by atoms with van der Waals surface area (Å²) in [5, 5.41) is 6.69. The topological polar surface area (TPSA) is 96.8 Å². The van der Waals surface area contributed by atoms with Crippen LogP contribution in [-0.4, -0.2) is 25.9 Å². The van der Waals surface area contributed by atoms with E-state index in [1.165, 1.54) is 0 Å². The van der Waals surface area contributed by atoms with E-state index in [1.807, 2.05) is 6.92 Å². The molecule has 0 heterocycles. The van der Waals surface area contributed by atoms with Crippen LogP contribution in [0.2, 0.25) is 5.02 Å². The molecule has 0 aliphatic heterocycles. The summed E-state index contributed by atoms with van der Waals surface area (Å²) in [4.78, 5) is 0. The van der Waals surface area contributed by atoms with Crippen LogP contribution >= 0.6 is 11.6 Å². The number of rotatable bonds is 6. The predicted molar refractivity (Wildman–Crippen MR) is 75.7 cm³/mol. The second kappa shape index (κ2) is 7.48. The molecule has 0 unspecified atom stereocenters. The third kappa shape index (κ3) is 4.67. The van der Waals surface area contributed by atoms with Crippen LogP contribution in [0.25, 0.3) is 0 Å². The van der Waals surface area contributed by atoms with Crippen molar-refractivity contribution in [2.75, 3.05) is 13.7 Å². The van der Waals surface area contributed by atoms with Crippen molar-refractivity contribution in [1.29, 1.82) is 0 Å². The lowest BCUT2D eigenvalue weighted by Crippen LogP contribution is -2.63. The largest absolute Gasteiger partial charge is 0.493 e. The van der Waals surface area contributed by atoms with Gasteiger partial charge in [-0.1, -0.05) is 18.5 Å². The maximum Gasteiger partial charge on any atom is 0.256 e. The number of nitrogens with two attached hydrogens (primary N) is 2. The Morgan fingerprint density at radius 2 is 2.21 bits per heavy atom. The zero-order valence-corrected chi connectivity index (χ0v) is 11.7. The van der Waals surface area contributed by atoms with Gasteiger partial charge in [-0.3, -0.25) is 0 Å². The molecule has 1 aromatic carbocycles.